The summed E-state index contributed by atoms with van der Waals surface area (Å²) in [5.74, 6) is -1.61. The van der Waals surface area contributed by atoms with Crippen LogP contribution in [-0.4, -0.2) is 43.3 Å². The third kappa shape index (κ3) is 7.19. The zero-order valence-corrected chi connectivity index (χ0v) is 23.1. The Hall–Kier alpha value is -3.72. The van der Waals surface area contributed by atoms with Crippen molar-refractivity contribution in [3.8, 4) is 0 Å². The first kappa shape index (κ1) is 28.8. The standard InChI is InChI=1S/C29H34FN3O4S/c1-21-12-11-14-24(18-21)33(38(36,37)25-15-7-6-8-16-25)20-27(34)32(19-23-13-9-10-17-26(23)30)22(2)28(35)31-29(3,4)5/h6-18,22H,19-20H2,1-5H3,(H,31,35)/t22-/m0/s1. The lowest BCUT2D eigenvalue weighted by atomic mass is 10.1. The van der Waals surface area contributed by atoms with Gasteiger partial charge in [-0.3, -0.25) is 13.9 Å². The molecule has 38 heavy (non-hydrogen) atoms. The SMILES string of the molecule is Cc1cccc(N(CC(=O)N(Cc2ccccc2F)[C@@H](C)C(=O)NC(C)(C)C)S(=O)(=O)c2ccccc2)c1. The van der Waals surface area contributed by atoms with Gasteiger partial charge in [-0.15, -0.1) is 0 Å². The highest BCUT2D eigenvalue weighted by Gasteiger charge is 2.33. The summed E-state index contributed by atoms with van der Waals surface area (Å²) in [4.78, 5) is 28.1. The van der Waals surface area contributed by atoms with E-state index in [0.29, 0.717) is 5.69 Å². The molecule has 0 aromatic heterocycles. The van der Waals surface area contributed by atoms with Crippen LogP contribution >= 0.6 is 0 Å². The van der Waals surface area contributed by atoms with Crippen molar-refractivity contribution in [2.45, 2.75) is 57.6 Å². The second-order valence-electron chi connectivity index (χ2n) is 10.2. The number of aryl methyl sites for hydroxylation is 1. The van der Waals surface area contributed by atoms with Gasteiger partial charge < -0.3 is 10.2 Å². The summed E-state index contributed by atoms with van der Waals surface area (Å²) < 4.78 is 43.1. The third-order valence-corrected chi connectivity index (χ3v) is 7.65. The number of rotatable bonds is 9. The summed E-state index contributed by atoms with van der Waals surface area (Å²) in [6.07, 6.45) is 0. The molecule has 0 aliphatic carbocycles. The highest BCUT2D eigenvalue weighted by molar-refractivity contribution is 7.92. The highest BCUT2D eigenvalue weighted by atomic mass is 32.2. The second-order valence-corrected chi connectivity index (χ2v) is 12.1. The fraction of sp³-hybridized carbons (Fsp3) is 0.310. The molecule has 0 fully saturated rings. The molecule has 0 aliphatic rings. The van der Waals surface area contributed by atoms with Gasteiger partial charge in [0.05, 0.1) is 10.6 Å². The van der Waals surface area contributed by atoms with Gasteiger partial charge in [0.1, 0.15) is 18.4 Å². The molecule has 9 heteroatoms. The van der Waals surface area contributed by atoms with Gasteiger partial charge in [0, 0.05) is 17.6 Å². The van der Waals surface area contributed by atoms with Gasteiger partial charge >= 0.3 is 0 Å². The Balaban J connectivity index is 2.04. The van der Waals surface area contributed by atoms with E-state index in [1.54, 1.807) is 49.4 Å². The molecule has 0 saturated heterocycles. The van der Waals surface area contributed by atoms with Crippen molar-refractivity contribution < 1.29 is 22.4 Å². The van der Waals surface area contributed by atoms with E-state index in [2.05, 4.69) is 5.32 Å². The van der Waals surface area contributed by atoms with Crippen LogP contribution in [0.4, 0.5) is 10.1 Å². The molecule has 202 valence electrons. The molecule has 3 aromatic carbocycles. The van der Waals surface area contributed by atoms with E-state index < -0.39 is 45.8 Å². The largest absolute Gasteiger partial charge is 0.350 e. The number of halogens is 1. The van der Waals surface area contributed by atoms with Crippen LogP contribution in [0.3, 0.4) is 0 Å². The average molecular weight is 540 g/mol. The fourth-order valence-corrected chi connectivity index (χ4v) is 5.33. The summed E-state index contributed by atoms with van der Waals surface area (Å²) in [6.45, 7) is 8.01. The minimum atomic E-state index is -4.14. The molecule has 1 N–H and O–H groups in total. The monoisotopic (exact) mass is 539 g/mol. The molecule has 3 rings (SSSR count). The Morgan fingerprint density at radius 3 is 2.18 bits per heavy atom. The van der Waals surface area contributed by atoms with E-state index in [4.69, 9.17) is 0 Å². The number of carbonyl (C=O) groups excluding carboxylic acids is 2. The molecule has 0 saturated carbocycles. The fourth-order valence-electron chi connectivity index (χ4n) is 3.90. The normalized spacial score (nSPS) is 12.5. The van der Waals surface area contributed by atoms with Crippen molar-refractivity contribution in [1.82, 2.24) is 10.2 Å². The van der Waals surface area contributed by atoms with Crippen LogP contribution in [0.5, 0.6) is 0 Å². The molecule has 0 aliphatic heterocycles. The zero-order valence-electron chi connectivity index (χ0n) is 22.3. The van der Waals surface area contributed by atoms with Crippen molar-refractivity contribution in [1.29, 1.82) is 0 Å². The minimum absolute atomic E-state index is 0.0217. The lowest BCUT2D eigenvalue weighted by Crippen LogP contribution is -2.54. The van der Waals surface area contributed by atoms with Crippen LogP contribution in [0.1, 0.15) is 38.8 Å². The average Bonchev–Trinajstić information content (AvgIpc) is 2.85. The Labute approximate surface area is 224 Å². The molecular formula is C29H34FN3O4S. The Morgan fingerprint density at radius 1 is 0.947 bits per heavy atom. The van der Waals surface area contributed by atoms with E-state index in [1.807, 2.05) is 33.8 Å². The maximum Gasteiger partial charge on any atom is 0.264 e. The Morgan fingerprint density at radius 2 is 1.58 bits per heavy atom. The van der Waals surface area contributed by atoms with E-state index in [9.17, 15) is 22.4 Å². The van der Waals surface area contributed by atoms with Gasteiger partial charge in [0.15, 0.2) is 0 Å². The number of hydrogen-bond donors (Lipinski definition) is 1. The second kappa shape index (κ2) is 11.8. The van der Waals surface area contributed by atoms with E-state index in [0.717, 1.165) is 9.87 Å². The summed E-state index contributed by atoms with van der Waals surface area (Å²) >= 11 is 0. The number of nitrogens with one attached hydrogen (secondary N) is 1. The molecule has 1 atom stereocenters. The van der Waals surface area contributed by atoms with Crippen LogP contribution in [0.2, 0.25) is 0 Å². The lowest BCUT2D eigenvalue weighted by Gasteiger charge is -2.33. The first-order valence-corrected chi connectivity index (χ1v) is 13.7. The number of hydrogen-bond acceptors (Lipinski definition) is 4. The molecule has 2 amide bonds. The number of carbonyl (C=O) groups is 2. The number of benzene rings is 3. The smallest absolute Gasteiger partial charge is 0.264 e. The first-order chi connectivity index (χ1) is 17.8. The predicted molar refractivity (Wildman–Crippen MR) is 146 cm³/mol. The molecule has 0 unspecified atom stereocenters. The van der Waals surface area contributed by atoms with Crippen LogP contribution in [0.15, 0.2) is 83.8 Å². The topological polar surface area (TPSA) is 86.8 Å². The van der Waals surface area contributed by atoms with E-state index in [-0.39, 0.29) is 17.0 Å². The van der Waals surface area contributed by atoms with Crippen molar-refractivity contribution in [3.63, 3.8) is 0 Å². The Kier molecular flexibility index (Phi) is 8.93. The van der Waals surface area contributed by atoms with Gasteiger partial charge in [-0.05, 0) is 70.5 Å². The molecule has 7 nitrogen and oxygen atoms in total. The van der Waals surface area contributed by atoms with E-state index >= 15 is 0 Å². The summed E-state index contributed by atoms with van der Waals surface area (Å²) in [5.41, 5.74) is 0.760. The van der Waals surface area contributed by atoms with Gasteiger partial charge in [-0.25, -0.2) is 12.8 Å². The summed E-state index contributed by atoms with van der Waals surface area (Å²) in [7, 11) is -4.14. The highest BCUT2D eigenvalue weighted by Crippen LogP contribution is 2.25. The maximum atomic E-state index is 14.6. The van der Waals surface area contributed by atoms with Crippen molar-refractivity contribution in [2.75, 3.05) is 10.8 Å². The quantitative estimate of drug-likeness (QED) is 0.429. The van der Waals surface area contributed by atoms with E-state index in [1.165, 1.54) is 35.2 Å². The number of amides is 2. The third-order valence-electron chi connectivity index (χ3n) is 5.86. The number of nitrogens with zero attached hydrogens (tertiary/aromatic N) is 2. The van der Waals surface area contributed by atoms with Crippen LogP contribution < -0.4 is 9.62 Å². The van der Waals surface area contributed by atoms with Crippen molar-refractivity contribution in [2.24, 2.45) is 0 Å². The molecule has 0 radical (unpaired) electrons. The van der Waals surface area contributed by atoms with Crippen LogP contribution in [0.25, 0.3) is 0 Å². The number of sulfonamides is 1. The maximum absolute atomic E-state index is 14.6. The van der Waals surface area contributed by atoms with Crippen molar-refractivity contribution >= 4 is 27.5 Å². The Bertz CT molecular complexity index is 1390. The molecule has 0 spiro atoms. The van der Waals surface area contributed by atoms with Gasteiger partial charge in [-0.1, -0.05) is 48.5 Å². The van der Waals surface area contributed by atoms with Gasteiger partial charge in [-0.2, -0.15) is 0 Å². The van der Waals surface area contributed by atoms with Gasteiger partial charge in [0.25, 0.3) is 10.0 Å². The van der Waals surface area contributed by atoms with Crippen LogP contribution in [-0.2, 0) is 26.2 Å². The minimum Gasteiger partial charge on any atom is -0.350 e. The first-order valence-electron chi connectivity index (χ1n) is 12.3. The molecule has 3 aromatic rings. The molecule has 0 heterocycles. The van der Waals surface area contributed by atoms with Gasteiger partial charge in [0.2, 0.25) is 11.8 Å². The summed E-state index contributed by atoms with van der Waals surface area (Å²) in [6, 6.07) is 19.6. The van der Waals surface area contributed by atoms with Crippen LogP contribution in [0, 0.1) is 12.7 Å². The summed E-state index contributed by atoms with van der Waals surface area (Å²) in [5, 5.41) is 2.84. The zero-order chi connectivity index (χ0) is 28.1. The number of anilines is 1. The molecular weight excluding hydrogens is 505 g/mol. The van der Waals surface area contributed by atoms with Crippen molar-refractivity contribution in [3.05, 3.63) is 95.8 Å². The molecule has 0 bridgehead atoms. The lowest BCUT2D eigenvalue weighted by molar-refractivity contribution is -0.140. The predicted octanol–water partition coefficient (Wildman–Crippen LogP) is 4.66.